The van der Waals surface area contributed by atoms with Crippen LogP contribution in [0.1, 0.15) is 29.8 Å². The Morgan fingerprint density at radius 3 is 2.82 bits per heavy atom. The molecule has 92 valence electrons. The standard InChI is InChI=1S/C13H16FNO2/c1-13(2)7-10-5-4-9(12(16)17-3)6-11(10)15(14)8-13/h4-6H,7-8H2,1-3H3. The van der Waals surface area contributed by atoms with Crippen molar-refractivity contribution < 1.29 is 14.0 Å². The van der Waals surface area contributed by atoms with Crippen LogP contribution in [0.5, 0.6) is 0 Å². The second kappa shape index (κ2) is 4.02. The van der Waals surface area contributed by atoms with Gasteiger partial charge in [-0.25, -0.2) is 9.92 Å². The lowest BCUT2D eigenvalue weighted by Crippen LogP contribution is -2.35. The highest BCUT2D eigenvalue weighted by Crippen LogP contribution is 2.36. The number of hydrogen-bond donors (Lipinski definition) is 0. The molecule has 0 saturated carbocycles. The predicted octanol–water partition coefficient (Wildman–Crippen LogP) is 2.75. The molecule has 0 bridgehead atoms. The smallest absolute Gasteiger partial charge is 0.337 e. The summed E-state index contributed by atoms with van der Waals surface area (Å²) in [6, 6.07) is 5.03. The van der Waals surface area contributed by atoms with Crippen LogP contribution in [-0.4, -0.2) is 19.6 Å². The van der Waals surface area contributed by atoms with Crippen LogP contribution in [-0.2, 0) is 11.2 Å². The van der Waals surface area contributed by atoms with Crippen molar-refractivity contribution in [1.29, 1.82) is 0 Å². The van der Waals surface area contributed by atoms with Gasteiger partial charge in [-0.1, -0.05) is 24.4 Å². The average Bonchev–Trinajstić information content (AvgIpc) is 2.26. The van der Waals surface area contributed by atoms with Crippen LogP contribution in [0.15, 0.2) is 18.2 Å². The molecule has 0 aromatic heterocycles. The number of methoxy groups -OCH3 is 1. The van der Waals surface area contributed by atoms with Crippen molar-refractivity contribution in [2.75, 3.05) is 18.8 Å². The van der Waals surface area contributed by atoms with Crippen LogP contribution in [0, 0.1) is 5.41 Å². The lowest BCUT2D eigenvalue weighted by Gasteiger charge is -2.35. The van der Waals surface area contributed by atoms with Crippen molar-refractivity contribution in [2.45, 2.75) is 20.3 Å². The molecule has 0 atom stereocenters. The van der Waals surface area contributed by atoms with Gasteiger partial charge in [0, 0.05) is 0 Å². The molecule has 0 unspecified atom stereocenters. The van der Waals surface area contributed by atoms with Gasteiger partial charge >= 0.3 is 5.97 Å². The molecule has 0 saturated heterocycles. The minimum Gasteiger partial charge on any atom is -0.465 e. The summed E-state index contributed by atoms with van der Waals surface area (Å²) in [5.41, 5.74) is 1.70. The Labute approximate surface area is 100 Å². The third-order valence-corrected chi connectivity index (χ3v) is 3.00. The maximum absolute atomic E-state index is 13.9. The number of carbonyl (C=O) groups is 1. The molecule has 0 fully saturated rings. The first-order valence-corrected chi connectivity index (χ1v) is 5.57. The van der Waals surface area contributed by atoms with Gasteiger partial charge in [0.05, 0.1) is 24.9 Å². The molecule has 1 aliphatic heterocycles. The molecule has 4 heteroatoms. The number of rotatable bonds is 1. The third-order valence-electron chi connectivity index (χ3n) is 3.00. The first-order chi connectivity index (χ1) is 7.93. The van der Waals surface area contributed by atoms with E-state index < -0.39 is 5.97 Å². The first-order valence-electron chi connectivity index (χ1n) is 5.57. The largest absolute Gasteiger partial charge is 0.465 e. The molecule has 0 aliphatic carbocycles. The van der Waals surface area contributed by atoms with Gasteiger partial charge in [-0.05, 0) is 29.5 Å². The number of esters is 1. The number of fused-ring (bicyclic) bond motifs is 1. The van der Waals surface area contributed by atoms with Crippen molar-refractivity contribution in [1.82, 2.24) is 0 Å². The molecule has 2 rings (SSSR count). The van der Waals surface area contributed by atoms with Gasteiger partial charge in [-0.3, -0.25) is 0 Å². The first kappa shape index (κ1) is 11.9. The zero-order chi connectivity index (χ0) is 12.6. The van der Waals surface area contributed by atoms with Gasteiger partial charge in [0.15, 0.2) is 0 Å². The fourth-order valence-corrected chi connectivity index (χ4v) is 2.22. The highest BCUT2D eigenvalue weighted by Gasteiger charge is 2.31. The number of halogens is 1. The molecule has 0 radical (unpaired) electrons. The fourth-order valence-electron chi connectivity index (χ4n) is 2.22. The lowest BCUT2D eigenvalue weighted by atomic mass is 9.82. The van der Waals surface area contributed by atoms with E-state index in [0.29, 0.717) is 22.9 Å². The molecule has 17 heavy (non-hydrogen) atoms. The zero-order valence-corrected chi connectivity index (χ0v) is 10.3. The zero-order valence-electron chi connectivity index (χ0n) is 10.3. The molecular formula is C13H16FNO2. The Morgan fingerprint density at radius 2 is 2.18 bits per heavy atom. The molecule has 0 amide bonds. The molecule has 1 aliphatic rings. The molecule has 1 aromatic carbocycles. The van der Waals surface area contributed by atoms with Crippen molar-refractivity contribution in [3.63, 3.8) is 0 Å². The highest BCUT2D eigenvalue weighted by atomic mass is 19.2. The second-order valence-corrected chi connectivity index (χ2v) is 5.20. The van der Waals surface area contributed by atoms with E-state index in [4.69, 9.17) is 0 Å². The van der Waals surface area contributed by atoms with Crippen molar-refractivity contribution in [3.8, 4) is 0 Å². The number of nitrogens with zero attached hydrogens (tertiary/aromatic N) is 1. The number of anilines is 1. The Morgan fingerprint density at radius 1 is 1.47 bits per heavy atom. The third kappa shape index (κ3) is 2.25. The van der Waals surface area contributed by atoms with Crippen molar-refractivity contribution >= 4 is 11.7 Å². The van der Waals surface area contributed by atoms with Gasteiger partial charge in [0.2, 0.25) is 0 Å². The lowest BCUT2D eigenvalue weighted by molar-refractivity contribution is 0.0600. The fraction of sp³-hybridized carbons (Fsp3) is 0.462. The summed E-state index contributed by atoms with van der Waals surface area (Å²) in [4.78, 5) is 11.4. The van der Waals surface area contributed by atoms with Crippen molar-refractivity contribution in [3.05, 3.63) is 29.3 Å². The maximum atomic E-state index is 13.9. The van der Waals surface area contributed by atoms with Gasteiger partial charge in [-0.15, -0.1) is 0 Å². The molecule has 0 N–H and O–H groups in total. The van der Waals surface area contributed by atoms with Gasteiger partial charge < -0.3 is 4.74 Å². The van der Waals surface area contributed by atoms with E-state index in [1.54, 1.807) is 18.2 Å². The van der Waals surface area contributed by atoms with Gasteiger partial charge in [0.1, 0.15) is 0 Å². The van der Waals surface area contributed by atoms with Crippen LogP contribution in [0.25, 0.3) is 0 Å². The molecule has 3 nitrogen and oxygen atoms in total. The Hall–Kier alpha value is -1.58. The van der Waals surface area contributed by atoms with Crippen LogP contribution in [0.4, 0.5) is 10.2 Å². The monoisotopic (exact) mass is 237 g/mol. The second-order valence-electron chi connectivity index (χ2n) is 5.20. The Balaban J connectivity index is 2.40. The maximum Gasteiger partial charge on any atom is 0.337 e. The minimum absolute atomic E-state index is 0.0888. The van der Waals surface area contributed by atoms with Crippen LogP contribution in [0.2, 0.25) is 0 Å². The summed E-state index contributed by atoms with van der Waals surface area (Å²) >= 11 is 0. The summed E-state index contributed by atoms with van der Waals surface area (Å²) in [7, 11) is 1.32. The van der Waals surface area contributed by atoms with Crippen LogP contribution in [0.3, 0.4) is 0 Å². The average molecular weight is 237 g/mol. The highest BCUT2D eigenvalue weighted by molar-refractivity contribution is 5.90. The van der Waals surface area contributed by atoms with E-state index in [2.05, 4.69) is 4.74 Å². The van der Waals surface area contributed by atoms with E-state index in [1.165, 1.54) is 7.11 Å². The topological polar surface area (TPSA) is 29.5 Å². The number of carbonyl (C=O) groups excluding carboxylic acids is 1. The molecular weight excluding hydrogens is 221 g/mol. The van der Waals surface area contributed by atoms with E-state index in [1.807, 2.05) is 13.8 Å². The Kier molecular flexibility index (Phi) is 2.81. The minimum atomic E-state index is -0.439. The summed E-state index contributed by atoms with van der Waals surface area (Å²) in [6.45, 7) is 4.39. The molecule has 1 heterocycles. The van der Waals surface area contributed by atoms with Gasteiger partial charge in [-0.2, -0.15) is 0 Å². The van der Waals surface area contributed by atoms with Crippen LogP contribution < -0.4 is 5.12 Å². The number of benzene rings is 1. The normalized spacial score (nSPS) is 17.5. The predicted molar refractivity (Wildman–Crippen MR) is 63.7 cm³/mol. The van der Waals surface area contributed by atoms with Crippen molar-refractivity contribution in [2.24, 2.45) is 5.41 Å². The Bertz CT molecular complexity index is 457. The molecule has 0 spiro atoms. The molecule has 1 aromatic rings. The van der Waals surface area contributed by atoms with Crippen LogP contribution >= 0.6 is 0 Å². The number of hydrogen-bond acceptors (Lipinski definition) is 3. The van der Waals surface area contributed by atoms with E-state index >= 15 is 0 Å². The summed E-state index contributed by atoms with van der Waals surface area (Å²) < 4.78 is 18.5. The van der Waals surface area contributed by atoms with E-state index in [-0.39, 0.29) is 5.41 Å². The van der Waals surface area contributed by atoms with Gasteiger partial charge in [0.25, 0.3) is 0 Å². The summed E-state index contributed by atoms with van der Waals surface area (Å²) in [6.07, 6.45) is 0.810. The van der Waals surface area contributed by atoms with E-state index in [9.17, 15) is 9.28 Å². The SMILES string of the molecule is COC(=O)c1ccc2c(c1)N(F)CC(C)(C)C2. The summed E-state index contributed by atoms with van der Waals surface area (Å²) in [5, 5.41) is 0.714. The van der Waals surface area contributed by atoms with E-state index in [0.717, 1.165) is 12.0 Å². The summed E-state index contributed by atoms with van der Waals surface area (Å²) in [5.74, 6) is -0.439. The number of ether oxygens (including phenoxy) is 1. The quantitative estimate of drug-likeness (QED) is 0.555.